The van der Waals surface area contributed by atoms with Crippen molar-refractivity contribution in [3.05, 3.63) is 35.9 Å². The van der Waals surface area contributed by atoms with Gasteiger partial charge in [0.2, 0.25) is 0 Å². The Kier molecular flexibility index (Phi) is 6.02. The minimum Gasteiger partial charge on any atom is -0.329 e. The van der Waals surface area contributed by atoms with Crippen molar-refractivity contribution < 1.29 is 0 Å². The standard InChI is InChI=1S/C17H30N2/c1-6-17(3,4)19(5)16(13-18)12-14(2)15-10-8-7-9-11-15/h7-11,14,16H,6,12-13,18H2,1-5H3. The van der Waals surface area contributed by atoms with Gasteiger partial charge >= 0.3 is 0 Å². The van der Waals surface area contributed by atoms with Gasteiger partial charge in [0.05, 0.1) is 0 Å². The van der Waals surface area contributed by atoms with Crippen LogP contribution in [0.3, 0.4) is 0 Å². The van der Waals surface area contributed by atoms with Crippen molar-refractivity contribution in [1.29, 1.82) is 0 Å². The third-order valence-electron chi connectivity index (χ3n) is 4.63. The molecule has 108 valence electrons. The molecular formula is C17H30N2. The number of rotatable bonds is 7. The molecule has 0 saturated carbocycles. The fourth-order valence-electron chi connectivity index (χ4n) is 2.48. The Morgan fingerprint density at radius 3 is 2.26 bits per heavy atom. The lowest BCUT2D eigenvalue weighted by Crippen LogP contribution is -2.50. The third-order valence-corrected chi connectivity index (χ3v) is 4.63. The highest BCUT2D eigenvalue weighted by molar-refractivity contribution is 5.19. The molecule has 0 amide bonds. The minimum absolute atomic E-state index is 0.209. The third kappa shape index (κ3) is 4.32. The summed E-state index contributed by atoms with van der Waals surface area (Å²) in [5.74, 6) is 0.546. The largest absolute Gasteiger partial charge is 0.329 e. The highest BCUT2D eigenvalue weighted by Crippen LogP contribution is 2.26. The number of nitrogens with two attached hydrogens (primary N) is 1. The maximum absolute atomic E-state index is 6.01. The van der Waals surface area contributed by atoms with Crippen molar-refractivity contribution >= 4 is 0 Å². The van der Waals surface area contributed by atoms with Crippen molar-refractivity contribution in [3.8, 4) is 0 Å². The van der Waals surface area contributed by atoms with Gasteiger partial charge in [0, 0.05) is 18.1 Å². The van der Waals surface area contributed by atoms with E-state index in [0.717, 1.165) is 19.4 Å². The van der Waals surface area contributed by atoms with Crippen LogP contribution in [0.5, 0.6) is 0 Å². The van der Waals surface area contributed by atoms with Crippen LogP contribution in [0.4, 0.5) is 0 Å². The average molecular weight is 262 g/mol. The summed E-state index contributed by atoms with van der Waals surface area (Å²) in [5.41, 5.74) is 7.62. The highest BCUT2D eigenvalue weighted by atomic mass is 15.2. The lowest BCUT2D eigenvalue weighted by molar-refractivity contribution is 0.0923. The Balaban J connectivity index is 2.72. The van der Waals surface area contributed by atoms with Crippen LogP contribution in [-0.4, -0.2) is 30.1 Å². The summed E-state index contributed by atoms with van der Waals surface area (Å²) in [7, 11) is 2.21. The normalized spacial score (nSPS) is 15.5. The van der Waals surface area contributed by atoms with Crippen molar-refractivity contribution in [2.45, 2.75) is 58.0 Å². The molecule has 1 aromatic rings. The van der Waals surface area contributed by atoms with E-state index >= 15 is 0 Å². The molecule has 2 atom stereocenters. The molecule has 0 aliphatic carbocycles. The number of nitrogens with zero attached hydrogens (tertiary/aromatic N) is 1. The maximum Gasteiger partial charge on any atom is 0.0226 e. The summed E-state index contributed by atoms with van der Waals surface area (Å²) in [6.45, 7) is 9.85. The molecule has 1 aromatic carbocycles. The van der Waals surface area contributed by atoms with Crippen molar-refractivity contribution in [2.75, 3.05) is 13.6 Å². The monoisotopic (exact) mass is 262 g/mol. The van der Waals surface area contributed by atoms with E-state index in [0.29, 0.717) is 12.0 Å². The van der Waals surface area contributed by atoms with E-state index in [1.807, 2.05) is 0 Å². The summed E-state index contributed by atoms with van der Waals surface area (Å²) in [4.78, 5) is 2.45. The summed E-state index contributed by atoms with van der Waals surface area (Å²) in [6.07, 6.45) is 2.25. The van der Waals surface area contributed by atoms with Crippen molar-refractivity contribution in [1.82, 2.24) is 4.90 Å². The molecule has 2 nitrogen and oxygen atoms in total. The lowest BCUT2D eigenvalue weighted by Gasteiger charge is -2.41. The first kappa shape index (κ1) is 16.2. The van der Waals surface area contributed by atoms with E-state index in [2.05, 4.69) is 70.0 Å². The van der Waals surface area contributed by atoms with Gasteiger partial charge in [-0.2, -0.15) is 0 Å². The van der Waals surface area contributed by atoms with E-state index < -0.39 is 0 Å². The van der Waals surface area contributed by atoms with Crippen LogP contribution in [-0.2, 0) is 0 Å². The fourth-order valence-corrected chi connectivity index (χ4v) is 2.48. The molecule has 1 rings (SSSR count). The van der Waals surface area contributed by atoms with Gasteiger partial charge in [-0.05, 0) is 45.2 Å². The molecular weight excluding hydrogens is 232 g/mol. The molecule has 2 heteroatoms. The average Bonchev–Trinajstić information content (AvgIpc) is 2.44. The van der Waals surface area contributed by atoms with Gasteiger partial charge in [-0.3, -0.25) is 4.90 Å². The molecule has 0 radical (unpaired) electrons. The van der Waals surface area contributed by atoms with Gasteiger partial charge in [0.25, 0.3) is 0 Å². The first-order valence-corrected chi connectivity index (χ1v) is 7.40. The van der Waals surface area contributed by atoms with E-state index in [-0.39, 0.29) is 5.54 Å². The highest BCUT2D eigenvalue weighted by Gasteiger charge is 2.28. The van der Waals surface area contributed by atoms with Gasteiger partial charge in [-0.25, -0.2) is 0 Å². The van der Waals surface area contributed by atoms with E-state index in [1.54, 1.807) is 0 Å². The molecule has 0 aliphatic heterocycles. The number of hydrogen-bond acceptors (Lipinski definition) is 2. The minimum atomic E-state index is 0.209. The van der Waals surface area contributed by atoms with Crippen LogP contribution in [0.15, 0.2) is 30.3 Å². The Morgan fingerprint density at radius 2 is 1.79 bits per heavy atom. The van der Waals surface area contributed by atoms with E-state index in [4.69, 9.17) is 5.73 Å². The number of benzene rings is 1. The van der Waals surface area contributed by atoms with Gasteiger partial charge in [-0.1, -0.05) is 44.2 Å². The Bertz CT molecular complexity index is 359. The predicted octanol–water partition coefficient (Wildman–Crippen LogP) is 3.63. The van der Waals surface area contributed by atoms with Crippen LogP contribution in [0.1, 0.15) is 52.0 Å². The molecule has 0 aliphatic rings. The molecule has 0 heterocycles. The lowest BCUT2D eigenvalue weighted by atomic mass is 9.90. The molecule has 19 heavy (non-hydrogen) atoms. The van der Waals surface area contributed by atoms with Gasteiger partial charge < -0.3 is 5.73 Å². The molecule has 0 aromatic heterocycles. The van der Waals surface area contributed by atoms with Crippen LogP contribution in [0.2, 0.25) is 0 Å². The van der Waals surface area contributed by atoms with Crippen LogP contribution >= 0.6 is 0 Å². The van der Waals surface area contributed by atoms with Crippen LogP contribution in [0, 0.1) is 0 Å². The molecule has 2 N–H and O–H groups in total. The van der Waals surface area contributed by atoms with Gasteiger partial charge in [0.15, 0.2) is 0 Å². The molecule has 0 saturated heterocycles. The topological polar surface area (TPSA) is 29.3 Å². The Morgan fingerprint density at radius 1 is 1.21 bits per heavy atom. The summed E-state index contributed by atoms with van der Waals surface area (Å²) in [6, 6.07) is 11.2. The van der Waals surface area contributed by atoms with Crippen LogP contribution < -0.4 is 5.73 Å². The van der Waals surface area contributed by atoms with E-state index in [1.165, 1.54) is 5.56 Å². The fraction of sp³-hybridized carbons (Fsp3) is 0.647. The van der Waals surface area contributed by atoms with Gasteiger partial charge in [0.1, 0.15) is 0 Å². The molecule has 0 bridgehead atoms. The van der Waals surface area contributed by atoms with E-state index in [9.17, 15) is 0 Å². The molecule has 0 fully saturated rings. The first-order chi connectivity index (χ1) is 8.92. The SMILES string of the molecule is CCC(C)(C)N(C)C(CN)CC(C)c1ccccc1. The number of hydrogen-bond donors (Lipinski definition) is 1. The first-order valence-electron chi connectivity index (χ1n) is 7.40. The summed E-state index contributed by atoms with van der Waals surface area (Å²) < 4.78 is 0. The smallest absolute Gasteiger partial charge is 0.0226 e. The zero-order valence-electron chi connectivity index (χ0n) is 13.2. The zero-order chi connectivity index (χ0) is 14.5. The van der Waals surface area contributed by atoms with Crippen molar-refractivity contribution in [3.63, 3.8) is 0 Å². The summed E-state index contributed by atoms with van der Waals surface area (Å²) >= 11 is 0. The van der Waals surface area contributed by atoms with Gasteiger partial charge in [-0.15, -0.1) is 0 Å². The Labute approximate surface area is 119 Å². The summed E-state index contributed by atoms with van der Waals surface area (Å²) in [5, 5.41) is 0. The quantitative estimate of drug-likeness (QED) is 0.813. The van der Waals surface area contributed by atoms with Crippen molar-refractivity contribution in [2.24, 2.45) is 5.73 Å². The number of likely N-dealkylation sites (N-methyl/N-ethyl adjacent to an activating group) is 1. The van der Waals surface area contributed by atoms with Crippen LogP contribution in [0.25, 0.3) is 0 Å². The maximum atomic E-state index is 6.01. The molecule has 0 spiro atoms. The molecule has 2 unspecified atom stereocenters. The second-order valence-electron chi connectivity index (χ2n) is 6.21. The zero-order valence-corrected chi connectivity index (χ0v) is 13.2. The second-order valence-corrected chi connectivity index (χ2v) is 6.21. The predicted molar refractivity (Wildman–Crippen MR) is 84.4 cm³/mol. The Hall–Kier alpha value is -0.860. The second kappa shape index (κ2) is 7.06.